The van der Waals surface area contributed by atoms with Crippen LogP contribution in [0.5, 0.6) is 11.5 Å². The van der Waals surface area contributed by atoms with Crippen molar-refractivity contribution >= 4 is 16.9 Å². The fourth-order valence-electron chi connectivity index (χ4n) is 2.80. The van der Waals surface area contributed by atoms with Gasteiger partial charge in [0.25, 0.3) is 0 Å². The third kappa shape index (κ3) is 2.46. The number of carbonyl (C=O) groups is 1. The maximum Gasteiger partial charge on any atom is 0.356 e. The molecule has 0 fully saturated rings. The summed E-state index contributed by atoms with van der Waals surface area (Å²) in [7, 11) is 6.31. The van der Waals surface area contributed by atoms with Crippen molar-refractivity contribution in [2.75, 3.05) is 21.3 Å². The molecule has 0 N–H and O–H groups in total. The molecular formula is C18H18N2O4. The molecule has 0 aliphatic rings. The van der Waals surface area contributed by atoms with Crippen LogP contribution in [0.2, 0.25) is 0 Å². The predicted molar refractivity (Wildman–Crippen MR) is 90.6 cm³/mol. The van der Waals surface area contributed by atoms with Gasteiger partial charge in [0.2, 0.25) is 0 Å². The average Bonchev–Trinajstić information content (AvgIpc) is 2.96. The molecule has 3 aromatic rings. The standard InChI is InChI=1S/C18H18N2O4/c1-20-17(18(21)24-4)13-7-5-6-12(16(13)19-20)14-10-11(22-2)8-9-15(14)23-3/h5-10H,1-4H3. The highest BCUT2D eigenvalue weighted by atomic mass is 16.5. The summed E-state index contributed by atoms with van der Waals surface area (Å²) in [5, 5.41) is 5.24. The first kappa shape index (κ1) is 15.9. The van der Waals surface area contributed by atoms with E-state index in [1.807, 2.05) is 36.4 Å². The number of rotatable bonds is 4. The number of nitrogens with zero attached hydrogens (tertiary/aromatic N) is 2. The number of ether oxygens (including phenoxy) is 3. The van der Waals surface area contributed by atoms with Crippen LogP contribution in [0, 0.1) is 0 Å². The van der Waals surface area contributed by atoms with E-state index in [1.54, 1.807) is 21.3 Å². The third-order valence-electron chi connectivity index (χ3n) is 3.94. The quantitative estimate of drug-likeness (QED) is 0.690. The fraction of sp³-hybridized carbons (Fsp3) is 0.222. The molecule has 0 spiro atoms. The molecule has 1 aromatic heterocycles. The Kier molecular flexibility index (Phi) is 4.12. The minimum Gasteiger partial charge on any atom is -0.497 e. The summed E-state index contributed by atoms with van der Waals surface area (Å²) in [4.78, 5) is 12.1. The van der Waals surface area contributed by atoms with Gasteiger partial charge in [0, 0.05) is 23.6 Å². The van der Waals surface area contributed by atoms with Crippen LogP contribution in [0.3, 0.4) is 0 Å². The van der Waals surface area contributed by atoms with Crippen LogP contribution < -0.4 is 9.47 Å². The van der Waals surface area contributed by atoms with Gasteiger partial charge in [-0.25, -0.2) is 4.79 Å². The molecule has 0 radical (unpaired) electrons. The van der Waals surface area contributed by atoms with E-state index in [-0.39, 0.29) is 0 Å². The Balaban J connectivity index is 2.31. The van der Waals surface area contributed by atoms with Gasteiger partial charge in [-0.05, 0) is 18.2 Å². The van der Waals surface area contributed by atoms with Gasteiger partial charge in [-0.3, -0.25) is 4.68 Å². The largest absolute Gasteiger partial charge is 0.497 e. The molecule has 0 aliphatic carbocycles. The summed E-state index contributed by atoms with van der Waals surface area (Å²) in [6.07, 6.45) is 0. The second-order valence-corrected chi connectivity index (χ2v) is 5.23. The first-order valence-corrected chi connectivity index (χ1v) is 7.37. The van der Waals surface area contributed by atoms with E-state index < -0.39 is 5.97 Å². The lowest BCUT2D eigenvalue weighted by molar-refractivity contribution is 0.0590. The van der Waals surface area contributed by atoms with Crippen LogP contribution in [-0.4, -0.2) is 37.1 Å². The Labute approximate surface area is 139 Å². The molecule has 6 heteroatoms. The summed E-state index contributed by atoms with van der Waals surface area (Å²) in [5.74, 6) is 0.996. The van der Waals surface area contributed by atoms with Crippen molar-refractivity contribution in [2.45, 2.75) is 0 Å². The van der Waals surface area contributed by atoms with Gasteiger partial charge in [-0.1, -0.05) is 18.2 Å². The van der Waals surface area contributed by atoms with Crippen molar-refractivity contribution in [3.63, 3.8) is 0 Å². The lowest BCUT2D eigenvalue weighted by Gasteiger charge is -2.11. The van der Waals surface area contributed by atoms with Crippen LogP contribution in [0.4, 0.5) is 0 Å². The lowest BCUT2D eigenvalue weighted by atomic mass is 10.0. The minimum absolute atomic E-state index is 0.413. The van der Waals surface area contributed by atoms with E-state index in [1.165, 1.54) is 11.8 Å². The van der Waals surface area contributed by atoms with Gasteiger partial charge < -0.3 is 14.2 Å². The van der Waals surface area contributed by atoms with Gasteiger partial charge in [-0.15, -0.1) is 0 Å². The van der Waals surface area contributed by atoms with E-state index in [0.717, 1.165) is 16.5 Å². The molecule has 0 bridgehead atoms. The second-order valence-electron chi connectivity index (χ2n) is 5.23. The van der Waals surface area contributed by atoms with E-state index in [9.17, 15) is 4.79 Å². The van der Waals surface area contributed by atoms with Crippen LogP contribution in [0.1, 0.15) is 10.5 Å². The van der Waals surface area contributed by atoms with Crippen LogP contribution in [0.25, 0.3) is 22.0 Å². The molecule has 0 saturated heterocycles. The number of esters is 1. The van der Waals surface area contributed by atoms with Gasteiger partial charge >= 0.3 is 5.97 Å². The molecule has 6 nitrogen and oxygen atoms in total. The molecule has 3 rings (SSSR count). The maximum atomic E-state index is 12.1. The van der Waals surface area contributed by atoms with Gasteiger partial charge in [0.05, 0.1) is 21.3 Å². The highest BCUT2D eigenvalue weighted by Crippen LogP contribution is 2.37. The molecule has 0 unspecified atom stereocenters. The minimum atomic E-state index is -0.422. The normalized spacial score (nSPS) is 10.7. The monoisotopic (exact) mass is 326 g/mol. The van der Waals surface area contributed by atoms with Gasteiger partial charge in [-0.2, -0.15) is 5.10 Å². The van der Waals surface area contributed by atoms with Gasteiger partial charge in [0.1, 0.15) is 17.0 Å². The van der Waals surface area contributed by atoms with Crippen molar-refractivity contribution in [2.24, 2.45) is 7.05 Å². The van der Waals surface area contributed by atoms with Gasteiger partial charge in [0.15, 0.2) is 5.69 Å². The van der Waals surface area contributed by atoms with Crippen molar-refractivity contribution in [1.82, 2.24) is 9.78 Å². The summed E-state index contributed by atoms with van der Waals surface area (Å²) in [6.45, 7) is 0. The highest BCUT2D eigenvalue weighted by Gasteiger charge is 2.20. The van der Waals surface area contributed by atoms with Crippen molar-refractivity contribution in [1.29, 1.82) is 0 Å². The second kappa shape index (κ2) is 6.23. The average molecular weight is 326 g/mol. The summed E-state index contributed by atoms with van der Waals surface area (Å²) in [6, 6.07) is 11.2. The fourth-order valence-corrected chi connectivity index (χ4v) is 2.80. The van der Waals surface area contributed by atoms with E-state index in [0.29, 0.717) is 22.7 Å². The Hall–Kier alpha value is -3.02. The number of fused-ring (bicyclic) bond motifs is 1. The Morgan fingerprint density at radius 2 is 1.83 bits per heavy atom. The summed E-state index contributed by atoms with van der Waals surface area (Å²) in [5.41, 5.74) is 2.81. The number of aromatic nitrogens is 2. The molecule has 1 heterocycles. The van der Waals surface area contributed by atoms with E-state index in [4.69, 9.17) is 14.2 Å². The first-order chi connectivity index (χ1) is 11.6. The highest BCUT2D eigenvalue weighted by molar-refractivity contribution is 6.06. The number of benzene rings is 2. The molecule has 0 aliphatic heterocycles. The molecule has 124 valence electrons. The molecule has 24 heavy (non-hydrogen) atoms. The van der Waals surface area contributed by atoms with Crippen LogP contribution in [-0.2, 0) is 11.8 Å². The van der Waals surface area contributed by atoms with E-state index >= 15 is 0 Å². The summed E-state index contributed by atoms with van der Waals surface area (Å²) < 4.78 is 17.2. The zero-order valence-electron chi connectivity index (χ0n) is 14.0. The summed E-state index contributed by atoms with van der Waals surface area (Å²) >= 11 is 0. The Morgan fingerprint density at radius 1 is 1.04 bits per heavy atom. The third-order valence-corrected chi connectivity index (χ3v) is 3.94. The molecule has 2 aromatic carbocycles. The van der Waals surface area contributed by atoms with Crippen molar-refractivity contribution in [3.8, 4) is 22.6 Å². The molecule has 0 saturated carbocycles. The molecule has 0 atom stereocenters. The lowest BCUT2D eigenvalue weighted by Crippen LogP contribution is -2.08. The van der Waals surface area contributed by atoms with Crippen LogP contribution in [0.15, 0.2) is 36.4 Å². The zero-order valence-corrected chi connectivity index (χ0v) is 14.0. The number of hydrogen-bond donors (Lipinski definition) is 0. The van der Waals surface area contributed by atoms with E-state index in [2.05, 4.69) is 5.10 Å². The van der Waals surface area contributed by atoms with Crippen LogP contribution >= 0.6 is 0 Å². The topological polar surface area (TPSA) is 62.6 Å². The zero-order chi connectivity index (χ0) is 17.3. The Morgan fingerprint density at radius 3 is 2.50 bits per heavy atom. The SMILES string of the molecule is COC(=O)c1c2cccc(-c3cc(OC)ccc3OC)c2nn1C. The number of aryl methyl sites for hydroxylation is 1. The number of carbonyl (C=O) groups excluding carboxylic acids is 1. The van der Waals surface area contributed by atoms with Crippen molar-refractivity contribution in [3.05, 3.63) is 42.1 Å². The number of methoxy groups -OCH3 is 3. The Bertz CT molecular complexity index is 915. The smallest absolute Gasteiger partial charge is 0.356 e. The number of hydrogen-bond acceptors (Lipinski definition) is 5. The molecule has 0 amide bonds. The first-order valence-electron chi connectivity index (χ1n) is 7.37. The molecular weight excluding hydrogens is 308 g/mol. The maximum absolute atomic E-state index is 12.1. The predicted octanol–water partition coefficient (Wildman–Crippen LogP) is 3.04. The van der Waals surface area contributed by atoms with Crippen molar-refractivity contribution < 1.29 is 19.0 Å².